The van der Waals surface area contributed by atoms with Crippen molar-refractivity contribution in [1.29, 1.82) is 0 Å². The van der Waals surface area contributed by atoms with Crippen molar-refractivity contribution in [1.82, 2.24) is 19.9 Å². The summed E-state index contributed by atoms with van der Waals surface area (Å²) in [5.41, 5.74) is -0.541. The average molecular weight is 316 g/mol. The molecule has 2 N–H and O–H groups in total. The summed E-state index contributed by atoms with van der Waals surface area (Å²) in [6.45, 7) is 2.60. The van der Waals surface area contributed by atoms with E-state index in [1.807, 2.05) is 0 Å². The molecule has 0 saturated heterocycles. The standard InChI is InChI=1S/C16H20N4O3/c1-2-3-4-5-9-18-15(22)20-11-13(14(21)19-16(20)23)12-7-6-8-17-10-12/h6-8,10-11H,2-5,9H2,1H3,(H,18,22)(H,19,21,23). The highest BCUT2D eigenvalue weighted by Gasteiger charge is 2.12. The van der Waals surface area contributed by atoms with Gasteiger partial charge in [0.15, 0.2) is 0 Å². The van der Waals surface area contributed by atoms with Gasteiger partial charge in [0.1, 0.15) is 0 Å². The number of rotatable bonds is 6. The highest BCUT2D eigenvalue weighted by molar-refractivity contribution is 5.77. The summed E-state index contributed by atoms with van der Waals surface area (Å²) in [6.07, 6.45) is 8.44. The highest BCUT2D eigenvalue weighted by Crippen LogP contribution is 2.11. The predicted molar refractivity (Wildman–Crippen MR) is 87.5 cm³/mol. The van der Waals surface area contributed by atoms with Gasteiger partial charge in [-0.25, -0.2) is 14.2 Å². The third-order valence-corrected chi connectivity index (χ3v) is 3.44. The van der Waals surface area contributed by atoms with Crippen molar-refractivity contribution < 1.29 is 4.79 Å². The molecule has 0 saturated carbocycles. The number of nitrogens with one attached hydrogen (secondary N) is 2. The van der Waals surface area contributed by atoms with E-state index in [9.17, 15) is 14.4 Å². The molecular formula is C16H20N4O3. The summed E-state index contributed by atoms with van der Waals surface area (Å²) in [4.78, 5) is 42.0. The van der Waals surface area contributed by atoms with Gasteiger partial charge in [0.05, 0.1) is 5.56 Å². The Morgan fingerprint density at radius 1 is 1.30 bits per heavy atom. The monoisotopic (exact) mass is 316 g/mol. The maximum atomic E-state index is 12.1. The Bertz CT molecular complexity index is 765. The Balaban J connectivity index is 2.18. The lowest BCUT2D eigenvalue weighted by Crippen LogP contribution is -2.40. The van der Waals surface area contributed by atoms with E-state index in [4.69, 9.17) is 0 Å². The normalized spacial score (nSPS) is 10.5. The molecule has 0 fully saturated rings. The maximum absolute atomic E-state index is 12.1. The number of hydrogen-bond donors (Lipinski definition) is 2. The summed E-state index contributed by atoms with van der Waals surface area (Å²) in [5, 5.41) is 2.68. The first-order chi connectivity index (χ1) is 11.1. The molecule has 0 aliphatic carbocycles. The number of aromatic nitrogens is 3. The fourth-order valence-corrected chi connectivity index (χ4v) is 2.18. The minimum absolute atomic E-state index is 0.221. The van der Waals surface area contributed by atoms with Gasteiger partial charge < -0.3 is 5.32 Å². The van der Waals surface area contributed by atoms with Crippen molar-refractivity contribution in [3.8, 4) is 11.1 Å². The SMILES string of the molecule is CCCCCCNC(=O)n1cc(-c2cccnc2)c(=O)[nH]c1=O. The third kappa shape index (κ3) is 4.38. The van der Waals surface area contributed by atoms with Crippen LogP contribution in [0.25, 0.3) is 11.1 Å². The second kappa shape index (κ2) is 8.07. The zero-order valence-corrected chi connectivity index (χ0v) is 13.0. The number of hydrogen-bond acceptors (Lipinski definition) is 4. The van der Waals surface area contributed by atoms with Gasteiger partial charge in [0.2, 0.25) is 0 Å². The van der Waals surface area contributed by atoms with Crippen LogP contribution in [0.2, 0.25) is 0 Å². The molecule has 0 atom stereocenters. The molecule has 0 aromatic carbocycles. The zero-order valence-electron chi connectivity index (χ0n) is 13.0. The van der Waals surface area contributed by atoms with Crippen LogP contribution in [-0.4, -0.2) is 27.1 Å². The molecular weight excluding hydrogens is 296 g/mol. The van der Waals surface area contributed by atoms with Crippen molar-refractivity contribution in [3.63, 3.8) is 0 Å². The lowest BCUT2D eigenvalue weighted by molar-refractivity contribution is 0.241. The maximum Gasteiger partial charge on any atom is 0.336 e. The number of carbonyl (C=O) groups excluding carboxylic acids is 1. The predicted octanol–water partition coefficient (Wildman–Crippen LogP) is 1.74. The summed E-state index contributed by atoms with van der Waals surface area (Å²) in [7, 11) is 0. The first kappa shape index (κ1) is 16.7. The van der Waals surface area contributed by atoms with E-state index in [-0.39, 0.29) is 5.56 Å². The van der Waals surface area contributed by atoms with Gasteiger partial charge in [-0.15, -0.1) is 0 Å². The Morgan fingerprint density at radius 2 is 2.13 bits per heavy atom. The van der Waals surface area contributed by atoms with Crippen molar-refractivity contribution >= 4 is 6.03 Å². The van der Waals surface area contributed by atoms with E-state index in [0.717, 1.165) is 30.3 Å². The van der Waals surface area contributed by atoms with E-state index in [1.54, 1.807) is 18.3 Å². The van der Waals surface area contributed by atoms with Crippen LogP contribution in [-0.2, 0) is 0 Å². The Hall–Kier alpha value is -2.70. The molecule has 7 nitrogen and oxygen atoms in total. The van der Waals surface area contributed by atoms with E-state index >= 15 is 0 Å². The average Bonchev–Trinajstić information content (AvgIpc) is 2.55. The highest BCUT2D eigenvalue weighted by atomic mass is 16.2. The summed E-state index contributed by atoms with van der Waals surface area (Å²) in [6, 6.07) is 2.82. The molecule has 0 radical (unpaired) electrons. The van der Waals surface area contributed by atoms with E-state index < -0.39 is 17.3 Å². The topological polar surface area (TPSA) is 96.8 Å². The Kier molecular flexibility index (Phi) is 5.85. The van der Waals surface area contributed by atoms with Crippen LogP contribution in [0, 0.1) is 0 Å². The van der Waals surface area contributed by atoms with Gasteiger partial charge >= 0.3 is 11.7 Å². The van der Waals surface area contributed by atoms with Crippen molar-refractivity contribution in [2.45, 2.75) is 32.6 Å². The molecule has 2 heterocycles. The van der Waals surface area contributed by atoms with Crippen LogP contribution < -0.4 is 16.6 Å². The first-order valence-electron chi connectivity index (χ1n) is 7.68. The molecule has 2 rings (SSSR count). The minimum atomic E-state index is -0.756. The molecule has 23 heavy (non-hydrogen) atoms. The minimum Gasteiger partial charge on any atom is -0.337 e. The zero-order chi connectivity index (χ0) is 16.7. The molecule has 0 bridgehead atoms. The van der Waals surface area contributed by atoms with Crippen LogP contribution in [0.3, 0.4) is 0 Å². The summed E-state index contributed by atoms with van der Waals surface area (Å²) >= 11 is 0. The van der Waals surface area contributed by atoms with E-state index in [2.05, 4.69) is 22.2 Å². The van der Waals surface area contributed by atoms with E-state index in [1.165, 1.54) is 12.4 Å². The first-order valence-corrected chi connectivity index (χ1v) is 7.68. The molecule has 2 aromatic heterocycles. The lowest BCUT2D eigenvalue weighted by Gasteiger charge is -2.08. The molecule has 0 aliphatic rings. The summed E-state index contributed by atoms with van der Waals surface area (Å²) < 4.78 is 0.879. The van der Waals surface area contributed by atoms with Crippen molar-refractivity contribution in [2.24, 2.45) is 0 Å². The fourth-order valence-electron chi connectivity index (χ4n) is 2.18. The van der Waals surface area contributed by atoms with E-state index in [0.29, 0.717) is 12.1 Å². The van der Waals surface area contributed by atoms with Crippen LogP contribution in [0.4, 0.5) is 4.79 Å². The van der Waals surface area contributed by atoms with Crippen molar-refractivity contribution in [2.75, 3.05) is 6.54 Å². The second-order valence-corrected chi connectivity index (χ2v) is 5.21. The smallest absolute Gasteiger partial charge is 0.336 e. The Morgan fingerprint density at radius 3 is 2.83 bits per heavy atom. The van der Waals surface area contributed by atoms with Crippen LogP contribution in [0.5, 0.6) is 0 Å². The van der Waals surface area contributed by atoms with Crippen LogP contribution >= 0.6 is 0 Å². The van der Waals surface area contributed by atoms with Crippen molar-refractivity contribution in [3.05, 3.63) is 51.6 Å². The van der Waals surface area contributed by atoms with Gasteiger partial charge in [-0.1, -0.05) is 32.3 Å². The largest absolute Gasteiger partial charge is 0.337 e. The molecule has 0 spiro atoms. The number of amides is 1. The number of aromatic amines is 1. The molecule has 1 amide bonds. The number of carbonyl (C=O) groups is 1. The second-order valence-electron chi connectivity index (χ2n) is 5.21. The number of H-pyrrole nitrogens is 1. The lowest BCUT2D eigenvalue weighted by atomic mass is 10.1. The molecule has 2 aromatic rings. The van der Waals surface area contributed by atoms with Gasteiger partial charge in [-0.2, -0.15) is 0 Å². The number of nitrogens with zero attached hydrogens (tertiary/aromatic N) is 2. The van der Waals surface area contributed by atoms with Gasteiger partial charge in [0.25, 0.3) is 5.56 Å². The fraction of sp³-hybridized carbons (Fsp3) is 0.375. The Labute approximate surface area is 133 Å². The van der Waals surface area contributed by atoms with Gasteiger partial charge in [-0.3, -0.25) is 14.8 Å². The number of pyridine rings is 1. The third-order valence-electron chi connectivity index (χ3n) is 3.44. The molecule has 7 heteroatoms. The quantitative estimate of drug-likeness (QED) is 0.793. The summed E-state index contributed by atoms with van der Waals surface area (Å²) in [5.74, 6) is 0. The number of unbranched alkanes of at least 4 members (excludes halogenated alkanes) is 3. The van der Waals surface area contributed by atoms with Gasteiger partial charge in [-0.05, 0) is 12.5 Å². The van der Waals surface area contributed by atoms with Gasteiger partial charge in [0, 0.05) is 30.7 Å². The van der Waals surface area contributed by atoms with Crippen LogP contribution in [0.15, 0.2) is 40.3 Å². The molecule has 0 aliphatic heterocycles. The van der Waals surface area contributed by atoms with Crippen LogP contribution in [0.1, 0.15) is 32.6 Å². The molecule has 122 valence electrons. The molecule has 0 unspecified atom stereocenters.